The highest BCUT2D eigenvalue weighted by Gasteiger charge is 2.62. The Hall–Kier alpha value is -0.810. The zero-order valence-electron chi connectivity index (χ0n) is 21.2. The summed E-state index contributed by atoms with van der Waals surface area (Å²) in [7, 11) is 0. The number of allylic oxidation sites excluding steroid dienone is 2. The SMILES string of the molecule is CC(C)CCC[C@@H](C)C1CCC2C3=C(CC[C@@]21C)[C@@]1(C)CCC(C)(O)CC1(C#N)CC3. The zero-order chi connectivity index (χ0) is 22.7. The molecule has 0 aliphatic heterocycles. The van der Waals surface area contributed by atoms with Crippen molar-refractivity contribution in [3.05, 3.63) is 11.1 Å². The summed E-state index contributed by atoms with van der Waals surface area (Å²) in [5.41, 5.74) is 2.80. The molecule has 4 rings (SSSR count). The van der Waals surface area contributed by atoms with Gasteiger partial charge >= 0.3 is 0 Å². The number of rotatable bonds is 5. The number of fused-ring (bicyclic) bond motifs is 4. The van der Waals surface area contributed by atoms with Crippen LogP contribution in [0.3, 0.4) is 0 Å². The van der Waals surface area contributed by atoms with Crippen molar-refractivity contribution in [2.75, 3.05) is 0 Å². The van der Waals surface area contributed by atoms with Crippen LogP contribution in [0.1, 0.15) is 119 Å². The monoisotopic (exact) mass is 425 g/mol. The molecule has 0 saturated heterocycles. The van der Waals surface area contributed by atoms with Crippen LogP contribution in [0.2, 0.25) is 0 Å². The molecule has 4 unspecified atom stereocenters. The third kappa shape index (κ3) is 3.62. The molecule has 174 valence electrons. The van der Waals surface area contributed by atoms with Gasteiger partial charge in [0.25, 0.3) is 0 Å². The second kappa shape index (κ2) is 7.90. The molecule has 2 saturated carbocycles. The van der Waals surface area contributed by atoms with Gasteiger partial charge in [-0.1, -0.05) is 65.0 Å². The largest absolute Gasteiger partial charge is 0.390 e. The molecule has 0 aromatic heterocycles. The summed E-state index contributed by atoms with van der Waals surface area (Å²) in [6.45, 7) is 14.2. The third-order valence-corrected chi connectivity index (χ3v) is 10.9. The van der Waals surface area contributed by atoms with E-state index in [0.29, 0.717) is 11.8 Å². The third-order valence-electron chi connectivity index (χ3n) is 10.9. The fourth-order valence-corrected chi connectivity index (χ4v) is 8.96. The van der Waals surface area contributed by atoms with E-state index in [2.05, 4.69) is 40.7 Å². The normalized spacial score (nSPS) is 45.6. The Morgan fingerprint density at radius 1 is 1.00 bits per heavy atom. The van der Waals surface area contributed by atoms with E-state index < -0.39 is 5.60 Å². The molecule has 2 fully saturated rings. The first-order chi connectivity index (χ1) is 14.5. The maximum atomic E-state index is 10.8. The van der Waals surface area contributed by atoms with E-state index in [1.54, 1.807) is 11.1 Å². The smallest absolute Gasteiger partial charge is 0.0700 e. The molecule has 0 bridgehead atoms. The lowest BCUT2D eigenvalue weighted by Crippen LogP contribution is -2.54. The summed E-state index contributed by atoms with van der Waals surface area (Å²) >= 11 is 0. The molecule has 0 heterocycles. The summed E-state index contributed by atoms with van der Waals surface area (Å²) in [5, 5.41) is 21.2. The molecule has 0 aromatic rings. The summed E-state index contributed by atoms with van der Waals surface area (Å²) in [5.74, 6) is 3.25. The standard InChI is InChI=1S/C29H47NO/c1-20(2)8-7-9-21(3)23-10-11-24-22-12-15-29(19-30)18-26(4,31)16-17-28(29,6)25(22)13-14-27(23,24)5/h20-21,23-24,31H,7-18H2,1-6H3/t21-,23?,24?,26?,27-,28-,29?/m1/s1. The Morgan fingerprint density at radius 3 is 2.42 bits per heavy atom. The average Bonchev–Trinajstić information content (AvgIpc) is 3.05. The van der Waals surface area contributed by atoms with E-state index in [-0.39, 0.29) is 10.8 Å². The van der Waals surface area contributed by atoms with E-state index in [1.165, 1.54) is 44.9 Å². The van der Waals surface area contributed by atoms with Gasteiger partial charge in [-0.15, -0.1) is 0 Å². The van der Waals surface area contributed by atoms with Crippen LogP contribution in [0, 0.1) is 51.2 Å². The van der Waals surface area contributed by atoms with E-state index in [1.807, 2.05) is 6.92 Å². The molecule has 7 atom stereocenters. The summed E-state index contributed by atoms with van der Waals surface area (Å²) < 4.78 is 0. The Labute approximate surface area is 191 Å². The van der Waals surface area contributed by atoms with Crippen LogP contribution >= 0.6 is 0 Å². The second-order valence-corrected chi connectivity index (χ2v) is 13.2. The maximum absolute atomic E-state index is 10.8. The van der Waals surface area contributed by atoms with Gasteiger partial charge in [-0.25, -0.2) is 0 Å². The number of nitriles is 1. The zero-order valence-corrected chi connectivity index (χ0v) is 21.2. The van der Waals surface area contributed by atoms with E-state index in [9.17, 15) is 10.4 Å². The topological polar surface area (TPSA) is 44.0 Å². The maximum Gasteiger partial charge on any atom is 0.0700 e. The minimum atomic E-state index is -0.680. The molecule has 1 N–H and O–H groups in total. The molecular weight excluding hydrogens is 378 g/mol. The second-order valence-electron chi connectivity index (χ2n) is 13.2. The van der Waals surface area contributed by atoms with E-state index in [4.69, 9.17) is 0 Å². The lowest BCUT2D eigenvalue weighted by Gasteiger charge is -2.59. The fraction of sp³-hybridized carbons (Fsp3) is 0.897. The van der Waals surface area contributed by atoms with Crippen LogP contribution in [0.25, 0.3) is 0 Å². The minimum absolute atomic E-state index is 0.0279. The first kappa shape index (κ1) is 23.4. The van der Waals surface area contributed by atoms with Crippen molar-refractivity contribution in [3.8, 4) is 6.07 Å². The fourth-order valence-electron chi connectivity index (χ4n) is 8.96. The van der Waals surface area contributed by atoms with Gasteiger partial charge < -0.3 is 5.11 Å². The minimum Gasteiger partial charge on any atom is -0.390 e. The Balaban J connectivity index is 1.60. The van der Waals surface area contributed by atoms with Gasteiger partial charge in [0.15, 0.2) is 0 Å². The highest BCUT2D eigenvalue weighted by molar-refractivity contribution is 5.39. The van der Waals surface area contributed by atoms with Gasteiger partial charge in [0.2, 0.25) is 0 Å². The molecule has 4 aliphatic rings. The predicted octanol–water partition coefficient (Wildman–Crippen LogP) is 7.82. The van der Waals surface area contributed by atoms with Crippen molar-refractivity contribution in [1.82, 2.24) is 0 Å². The Morgan fingerprint density at radius 2 is 1.74 bits per heavy atom. The quantitative estimate of drug-likeness (QED) is 0.456. The Kier molecular flexibility index (Phi) is 5.95. The Bertz CT molecular complexity index is 772. The van der Waals surface area contributed by atoms with Gasteiger partial charge in [-0.05, 0) is 93.8 Å². The van der Waals surface area contributed by atoms with Crippen molar-refractivity contribution < 1.29 is 5.11 Å². The van der Waals surface area contributed by atoms with E-state index >= 15 is 0 Å². The van der Waals surface area contributed by atoms with Crippen molar-refractivity contribution in [2.24, 2.45) is 39.9 Å². The van der Waals surface area contributed by atoms with Crippen LogP contribution in [-0.2, 0) is 0 Å². The van der Waals surface area contributed by atoms with Crippen molar-refractivity contribution in [2.45, 2.75) is 124 Å². The summed E-state index contributed by atoms with van der Waals surface area (Å²) in [6.07, 6.45) is 13.9. The van der Waals surface area contributed by atoms with Crippen molar-refractivity contribution in [1.29, 1.82) is 5.26 Å². The van der Waals surface area contributed by atoms with Crippen LogP contribution < -0.4 is 0 Å². The molecule has 4 aliphatic carbocycles. The lowest BCUT2D eigenvalue weighted by atomic mass is 9.44. The van der Waals surface area contributed by atoms with Gasteiger partial charge in [-0.3, -0.25) is 0 Å². The van der Waals surface area contributed by atoms with Crippen LogP contribution in [0.5, 0.6) is 0 Å². The van der Waals surface area contributed by atoms with Gasteiger partial charge in [-0.2, -0.15) is 5.26 Å². The highest BCUT2D eigenvalue weighted by Crippen LogP contribution is 2.69. The molecule has 0 aromatic carbocycles. The van der Waals surface area contributed by atoms with Crippen LogP contribution in [-0.4, -0.2) is 10.7 Å². The average molecular weight is 426 g/mol. The first-order valence-electron chi connectivity index (χ1n) is 13.3. The highest BCUT2D eigenvalue weighted by atomic mass is 16.3. The number of aliphatic hydroxyl groups is 1. The molecular formula is C29H47NO. The molecule has 0 spiro atoms. The molecule has 2 nitrogen and oxygen atoms in total. The molecule has 2 heteroatoms. The predicted molar refractivity (Wildman–Crippen MR) is 128 cm³/mol. The number of hydrogen-bond donors (Lipinski definition) is 1. The summed E-state index contributed by atoms with van der Waals surface area (Å²) in [4.78, 5) is 0. The molecule has 0 radical (unpaired) electrons. The number of nitrogens with zero attached hydrogens (tertiary/aromatic N) is 1. The lowest BCUT2D eigenvalue weighted by molar-refractivity contribution is -0.0806. The van der Waals surface area contributed by atoms with Crippen LogP contribution in [0.15, 0.2) is 11.1 Å². The van der Waals surface area contributed by atoms with Crippen LogP contribution in [0.4, 0.5) is 0 Å². The first-order valence-corrected chi connectivity index (χ1v) is 13.3. The van der Waals surface area contributed by atoms with Gasteiger partial charge in [0.05, 0.1) is 17.1 Å². The van der Waals surface area contributed by atoms with Gasteiger partial charge in [0.1, 0.15) is 0 Å². The van der Waals surface area contributed by atoms with Gasteiger partial charge in [0, 0.05) is 5.41 Å². The van der Waals surface area contributed by atoms with E-state index in [0.717, 1.165) is 49.4 Å². The molecule has 0 amide bonds. The van der Waals surface area contributed by atoms with Crippen molar-refractivity contribution in [3.63, 3.8) is 0 Å². The van der Waals surface area contributed by atoms with Crippen molar-refractivity contribution >= 4 is 0 Å². The molecule has 31 heavy (non-hydrogen) atoms. The summed E-state index contributed by atoms with van der Waals surface area (Å²) in [6, 6.07) is 2.78. The number of hydrogen-bond acceptors (Lipinski definition) is 2.